The number of hydrogen-bond donors (Lipinski definition) is 2. The van der Waals surface area contributed by atoms with E-state index in [1.54, 1.807) is 0 Å². The molecule has 1 fully saturated rings. The highest BCUT2D eigenvalue weighted by atomic mass is 16.5. The highest BCUT2D eigenvalue weighted by Gasteiger charge is 2.17. The van der Waals surface area contributed by atoms with Gasteiger partial charge in [-0.2, -0.15) is 5.10 Å². The normalized spacial score (nSPS) is 19.8. The topological polar surface area (TPSA) is 65.1 Å². The molecule has 2 rings (SSSR count). The lowest BCUT2D eigenvalue weighted by molar-refractivity contribution is 0.187. The molecule has 1 unspecified atom stereocenters. The molecule has 1 aliphatic heterocycles. The van der Waals surface area contributed by atoms with Crippen LogP contribution in [0.1, 0.15) is 25.5 Å². The Bertz CT molecular complexity index is 369. The molecule has 2 heterocycles. The number of rotatable bonds is 5. The summed E-state index contributed by atoms with van der Waals surface area (Å²) in [5.74, 6) is 1.57. The predicted molar refractivity (Wildman–Crippen MR) is 69.1 cm³/mol. The molecule has 0 bridgehead atoms. The molecule has 0 spiro atoms. The van der Waals surface area contributed by atoms with Crippen LogP contribution in [0, 0.1) is 12.8 Å². The van der Waals surface area contributed by atoms with E-state index in [1.807, 2.05) is 11.6 Å². The number of nitrogens with two attached hydrogens (primary N) is 1. The van der Waals surface area contributed by atoms with Gasteiger partial charge in [0.2, 0.25) is 0 Å². The molecule has 3 N–H and O–H groups in total. The summed E-state index contributed by atoms with van der Waals surface area (Å²) >= 11 is 0. The first-order chi connectivity index (χ1) is 8.22. The Hall–Kier alpha value is -1.23. The number of ether oxygens (including phenoxy) is 1. The van der Waals surface area contributed by atoms with Crippen LogP contribution in [0.5, 0.6) is 0 Å². The number of nitrogens with one attached hydrogen (secondary N) is 1. The third-order valence-corrected chi connectivity index (χ3v) is 3.19. The van der Waals surface area contributed by atoms with Crippen molar-refractivity contribution in [3.8, 4) is 0 Å². The summed E-state index contributed by atoms with van der Waals surface area (Å²) in [5.41, 5.74) is 7.72. The first-order valence-electron chi connectivity index (χ1n) is 6.36. The second-order valence-corrected chi connectivity index (χ2v) is 4.68. The lowest BCUT2D eigenvalue weighted by Gasteiger charge is -2.13. The van der Waals surface area contributed by atoms with Gasteiger partial charge in [0, 0.05) is 25.6 Å². The molecular formula is C12H22N4O. The number of anilines is 2. The Kier molecular flexibility index (Phi) is 3.89. The van der Waals surface area contributed by atoms with Crippen LogP contribution in [0.15, 0.2) is 0 Å². The van der Waals surface area contributed by atoms with Crippen LogP contribution in [0.2, 0.25) is 0 Å². The predicted octanol–water partition coefficient (Wildman–Crippen LogP) is 1.63. The molecule has 96 valence electrons. The van der Waals surface area contributed by atoms with E-state index < -0.39 is 0 Å². The largest absolute Gasteiger partial charge is 0.394 e. The quantitative estimate of drug-likeness (QED) is 0.818. The number of aromatic nitrogens is 2. The molecule has 17 heavy (non-hydrogen) atoms. The Morgan fingerprint density at radius 1 is 1.59 bits per heavy atom. The third-order valence-electron chi connectivity index (χ3n) is 3.19. The molecule has 0 amide bonds. The summed E-state index contributed by atoms with van der Waals surface area (Å²) in [6, 6.07) is 0. The molecule has 5 heteroatoms. The monoisotopic (exact) mass is 238 g/mol. The van der Waals surface area contributed by atoms with Crippen LogP contribution < -0.4 is 11.1 Å². The van der Waals surface area contributed by atoms with Crippen molar-refractivity contribution in [1.29, 1.82) is 0 Å². The van der Waals surface area contributed by atoms with Crippen molar-refractivity contribution >= 4 is 11.5 Å². The highest BCUT2D eigenvalue weighted by Crippen LogP contribution is 2.23. The van der Waals surface area contributed by atoms with E-state index in [9.17, 15) is 0 Å². The number of nitrogens with zero attached hydrogens (tertiary/aromatic N) is 2. The van der Waals surface area contributed by atoms with Gasteiger partial charge in [-0.1, -0.05) is 6.92 Å². The Labute approximate surface area is 102 Å². The number of aryl methyl sites for hydroxylation is 2. The molecule has 0 radical (unpaired) electrons. The van der Waals surface area contributed by atoms with E-state index in [-0.39, 0.29) is 0 Å². The summed E-state index contributed by atoms with van der Waals surface area (Å²) < 4.78 is 7.34. The van der Waals surface area contributed by atoms with Crippen molar-refractivity contribution in [2.75, 3.05) is 30.8 Å². The minimum atomic E-state index is 0.597. The molecular weight excluding hydrogens is 216 g/mol. The van der Waals surface area contributed by atoms with Crippen molar-refractivity contribution < 1.29 is 4.74 Å². The molecule has 1 atom stereocenters. The zero-order valence-electron chi connectivity index (χ0n) is 10.7. The summed E-state index contributed by atoms with van der Waals surface area (Å²) in [4.78, 5) is 0. The molecule has 1 aromatic rings. The zero-order chi connectivity index (χ0) is 12.3. The zero-order valence-corrected chi connectivity index (χ0v) is 10.7. The first kappa shape index (κ1) is 12.2. The molecule has 0 aliphatic carbocycles. The summed E-state index contributed by atoms with van der Waals surface area (Å²) in [6.45, 7) is 7.65. The van der Waals surface area contributed by atoms with Crippen LogP contribution in [-0.2, 0) is 11.3 Å². The lowest BCUT2D eigenvalue weighted by atomic mass is 10.1. The second-order valence-electron chi connectivity index (χ2n) is 4.68. The van der Waals surface area contributed by atoms with Gasteiger partial charge in [-0.05, 0) is 19.8 Å². The molecule has 1 aromatic heterocycles. The Balaban J connectivity index is 2.02. The molecule has 0 saturated carbocycles. The SMILES string of the molecule is CCCn1nc(C)c(N)c1NCC1CCOC1. The Morgan fingerprint density at radius 3 is 3.06 bits per heavy atom. The van der Waals surface area contributed by atoms with Crippen molar-refractivity contribution in [3.05, 3.63) is 5.69 Å². The van der Waals surface area contributed by atoms with Gasteiger partial charge in [-0.25, -0.2) is 4.68 Å². The van der Waals surface area contributed by atoms with Crippen molar-refractivity contribution in [3.63, 3.8) is 0 Å². The van der Waals surface area contributed by atoms with Gasteiger partial charge in [0.05, 0.1) is 18.0 Å². The molecule has 1 aliphatic rings. The Morgan fingerprint density at radius 2 is 2.41 bits per heavy atom. The molecule has 1 saturated heterocycles. The molecule has 0 aromatic carbocycles. The van der Waals surface area contributed by atoms with Crippen LogP contribution in [0.3, 0.4) is 0 Å². The average molecular weight is 238 g/mol. The van der Waals surface area contributed by atoms with Gasteiger partial charge in [0.1, 0.15) is 5.82 Å². The maximum absolute atomic E-state index is 6.04. The van der Waals surface area contributed by atoms with Gasteiger partial charge in [0.25, 0.3) is 0 Å². The van der Waals surface area contributed by atoms with E-state index in [0.29, 0.717) is 5.92 Å². The summed E-state index contributed by atoms with van der Waals surface area (Å²) in [6.07, 6.45) is 2.19. The minimum Gasteiger partial charge on any atom is -0.394 e. The van der Waals surface area contributed by atoms with Crippen molar-refractivity contribution in [2.45, 2.75) is 33.2 Å². The fourth-order valence-electron chi connectivity index (χ4n) is 2.14. The van der Waals surface area contributed by atoms with E-state index in [4.69, 9.17) is 10.5 Å². The van der Waals surface area contributed by atoms with Crippen molar-refractivity contribution in [2.24, 2.45) is 5.92 Å². The number of hydrogen-bond acceptors (Lipinski definition) is 4. The van der Waals surface area contributed by atoms with Crippen molar-refractivity contribution in [1.82, 2.24) is 9.78 Å². The van der Waals surface area contributed by atoms with E-state index >= 15 is 0 Å². The summed E-state index contributed by atoms with van der Waals surface area (Å²) in [5, 5.41) is 7.87. The third kappa shape index (κ3) is 2.72. The number of nitrogen functional groups attached to an aromatic ring is 1. The fraction of sp³-hybridized carbons (Fsp3) is 0.750. The standard InChI is InChI=1S/C12H22N4O/c1-3-5-16-12(11(13)9(2)15-16)14-7-10-4-6-17-8-10/h10,14H,3-8,13H2,1-2H3. The first-order valence-corrected chi connectivity index (χ1v) is 6.36. The van der Waals surface area contributed by atoms with Crippen LogP contribution >= 0.6 is 0 Å². The van der Waals surface area contributed by atoms with E-state index in [2.05, 4.69) is 17.3 Å². The van der Waals surface area contributed by atoms with Gasteiger partial charge < -0.3 is 15.8 Å². The average Bonchev–Trinajstić information content (AvgIpc) is 2.89. The van der Waals surface area contributed by atoms with Crippen LogP contribution in [0.4, 0.5) is 11.5 Å². The second kappa shape index (κ2) is 5.40. The highest BCUT2D eigenvalue weighted by molar-refractivity contribution is 5.64. The van der Waals surface area contributed by atoms with Crippen LogP contribution in [0.25, 0.3) is 0 Å². The minimum absolute atomic E-state index is 0.597. The van der Waals surface area contributed by atoms with E-state index in [1.165, 1.54) is 0 Å². The van der Waals surface area contributed by atoms with Crippen LogP contribution in [-0.4, -0.2) is 29.5 Å². The smallest absolute Gasteiger partial charge is 0.148 e. The maximum atomic E-state index is 6.04. The van der Waals surface area contributed by atoms with Gasteiger partial charge in [-0.3, -0.25) is 0 Å². The lowest BCUT2D eigenvalue weighted by Crippen LogP contribution is -2.17. The van der Waals surface area contributed by atoms with Gasteiger partial charge in [-0.15, -0.1) is 0 Å². The fourth-order valence-corrected chi connectivity index (χ4v) is 2.14. The van der Waals surface area contributed by atoms with Gasteiger partial charge in [0.15, 0.2) is 0 Å². The summed E-state index contributed by atoms with van der Waals surface area (Å²) in [7, 11) is 0. The molecule has 5 nitrogen and oxygen atoms in total. The van der Waals surface area contributed by atoms with Gasteiger partial charge >= 0.3 is 0 Å². The van der Waals surface area contributed by atoms with E-state index in [0.717, 1.165) is 56.3 Å². The maximum Gasteiger partial charge on any atom is 0.148 e.